The second-order valence-corrected chi connectivity index (χ2v) is 6.85. The maximum absolute atomic E-state index is 12.6. The summed E-state index contributed by atoms with van der Waals surface area (Å²) in [4.78, 5) is 36.6. The highest BCUT2D eigenvalue weighted by atomic mass is 16.6. The van der Waals surface area contributed by atoms with Crippen LogP contribution in [0.15, 0.2) is 47.7 Å². The van der Waals surface area contributed by atoms with Crippen molar-refractivity contribution < 1.29 is 24.4 Å². The van der Waals surface area contributed by atoms with Gasteiger partial charge in [-0.3, -0.25) is 14.9 Å². The Morgan fingerprint density at radius 3 is 2.59 bits per heavy atom. The largest absolute Gasteiger partial charge is 0.456 e. The van der Waals surface area contributed by atoms with Crippen LogP contribution in [0.3, 0.4) is 0 Å². The second kappa shape index (κ2) is 6.96. The Labute approximate surface area is 155 Å². The number of allylic oxidation sites excluding steroid dienone is 1. The third-order valence-corrected chi connectivity index (χ3v) is 4.95. The van der Waals surface area contributed by atoms with Gasteiger partial charge in [-0.25, -0.2) is 4.79 Å². The molecule has 0 radical (unpaired) electrons. The molecule has 1 N–H and O–H groups in total. The van der Waals surface area contributed by atoms with Crippen LogP contribution >= 0.6 is 0 Å². The topological polar surface area (TPSA) is 110 Å². The molecule has 0 bridgehead atoms. The molecule has 1 aromatic rings. The third-order valence-electron chi connectivity index (χ3n) is 4.95. The lowest BCUT2D eigenvalue weighted by molar-refractivity contribution is -0.384. The summed E-state index contributed by atoms with van der Waals surface area (Å²) in [6.07, 6.45) is -0.334. The highest BCUT2D eigenvalue weighted by molar-refractivity contribution is 6.01. The van der Waals surface area contributed by atoms with Crippen molar-refractivity contribution >= 4 is 17.6 Å². The fraction of sp³-hybridized carbons (Fsp3) is 0.368. The quantitative estimate of drug-likeness (QED) is 0.354. The molecule has 1 saturated heterocycles. The molecule has 8 heteroatoms. The van der Waals surface area contributed by atoms with Crippen molar-refractivity contribution in [3.8, 4) is 0 Å². The molecule has 1 amide bonds. The average Bonchev–Trinajstić information content (AvgIpc) is 2.95. The monoisotopic (exact) mass is 372 g/mol. The van der Waals surface area contributed by atoms with E-state index in [1.54, 1.807) is 13.8 Å². The molecular formula is C19H20N2O6. The van der Waals surface area contributed by atoms with Gasteiger partial charge in [0.1, 0.15) is 12.3 Å². The summed E-state index contributed by atoms with van der Waals surface area (Å²) in [5, 5.41) is 20.5. The number of β-lactam (4-membered cyclic amide) rings is 1. The van der Waals surface area contributed by atoms with Gasteiger partial charge < -0.3 is 14.7 Å². The molecule has 27 heavy (non-hydrogen) atoms. The number of nitro benzene ring substituents is 1. The number of nitro groups is 1. The van der Waals surface area contributed by atoms with Gasteiger partial charge in [-0.2, -0.15) is 0 Å². The van der Waals surface area contributed by atoms with Gasteiger partial charge in [0.2, 0.25) is 5.91 Å². The number of aliphatic hydroxyl groups excluding tert-OH is 1. The molecule has 0 aromatic heterocycles. The van der Waals surface area contributed by atoms with Gasteiger partial charge in [-0.1, -0.05) is 12.2 Å². The summed E-state index contributed by atoms with van der Waals surface area (Å²) >= 11 is 0. The van der Waals surface area contributed by atoms with Crippen LogP contribution in [-0.2, 0) is 20.9 Å². The number of nitrogens with zero attached hydrogens (tertiary/aromatic N) is 2. The number of hydrogen-bond donors (Lipinski definition) is 1. The molecule has 8 nitrogen and oxygen atoms in total. The lowest BCUT2D eigenvalue weighted by Crippen LogP contribution is -2.61. The van der Waals surface area contributed by atoms with E-state index in [1.165, 1.54) is 29.2 Å². The Hall–Kier alpha value is -3.00. The van der Waals surface area contributed by atoms with Crippen LogP contribution in [0, 0.1) is 16.0 Å². The smallest absolute Gasteiger partial charge is 0.355 e. The molecule has 1 aromatic carbocycles. The zero-order chi connectivity index (χ0) is 19.9. The van der Waals surface area contributed by atoms with Gasteiger partial charge >= 0.3 is 5.97 Å². The van der Waals surface area contributed by atoms with Crippen molar-refractivity contribution in [2.24, 2.45) is 5.92 Å². The Morgan fingerprint density at radius 2 is 2.07 bits per heavy atom. The molecular weight excluding hydrogens is 352 g/mol. The van der Waals surface area contributed by atoms with E-state index in [2.05, 4.69) is 6.58 Å². The minimum atomic E-state index is -0.791. The van der Waals surface area contributed by atoms with Crippen LogP contribution in [0.5, 0.6) is 0 Å². The van der Waals surface area contributed by atoms with Crippen LogP contribution < -0.4 is 0 Å². The minimum absolute atomic E-state index is 0.0497. The van der Waals surface area contributed by atoms with E-state index in [1.807, 2.05) is 0 Å². The fourth-order valence-corrected chi connectivity index (χ4v) is 3.57. The number of carbonyl (C=O) groups excluding carboxylic acids is 2. The van der Waals surface area contributed by atoms with Gasteiger partial charge in [-0.15, -0.1) is 0 Å². The lowest BCUT2D eigenvalue weighted by atomic mass is 9.82. The number of benzene rings is 1. The summed E-state index contributed by atoms with van der Waals surface area (Å²) in [6, 6.07) is 5.43. The zero-order valence-electron chi connectivity index (χ0n) is 15.0. The fourth-order valence-electron chi connectivity index (χ4n) is 3.57. The number of ether oxygens (including phenoxy) is 1. The van der Waals surface area contributed by atoms with E-state index < -0.39 is 22.9 Å². The molecule has 142 valence electrons. The van der Waals surface area contributed by atoms with Gasteiger partial charge in [0, 0.05) is 12.1 Å². The maximum Gasteiger partial charge on any atom is 0.355 e. The van der Waals surface area contributed by atoms with Gasteiger partial charge in [0.05, 0.1) is 23.0 Å². The van der Waals surface area contributed by atoms with Gasteiger partial charge in [-0.05, 0) is 43.5 Å². The molecule has 2 heterocycles. The first-order chi connectivity index (χ1) is 12.7. The summed E-state index contributed by atoms with van der Waals surface area (Å²) in [5.74, 6) is -1.47. The molecule has 3 atom stereocenters. The summed E-state index contributed by atoms with van der Waals surface area (Å²) in [6.45, 7) is 7.12. The highest BCUT2D eigenvalue weighted by Gasteiger charge is 2.56. The SMILES string of the molecule is C=C(C)C1=C(C(=O)OCc2ccc([N+](=O)[O-])cc2)N2C(=O)[C@H]([C@@H](C)O)[C@H]2C1. The van der Waals surface area contributed by atoms with Crippen molar-refractivity contribution in [3.63, 3.8) is 0 Å². The van der Waals surface area contributed by atoms with Crippen molar-refractivity contribution in [3.05, 3.63) is 63.4 Å². The van der Waals surface area contributed by atoms with Crippen molar-refractivity contribution in [1.82, 2.24) is 4.90 Å². The van der Waals surface area contributed by atoms with Crippen LogP contribution in [-0.4, -0.2) is 39.0 Å². The average molecular weight is 372 g/mol. The number of rotatable bonds is 6. The van der Waals surface area contributed by atoms with Crippen LogP contribution in [0.2, 0.25) is 0 Å². The number of carbonyl (C=O) groups is 2. The Kier molecular flexibility index (Phi) is 4.84. The van der Waals surface area contributed by atoms with E-state index >= 15 is 0 Å². The van der Waals surface area contributed by atoms with Gasteiger partial charge in [0.25, 0.3) is 5.69 Å². The summed E-state index contributed by atoms with van der Waals surface area (Å²) in [5.41, 5.74) is 2.05. The van der Waals surface area contributed by atoms with Gasteiger partial charge in [0.15, 0.2) is 0 Å². The summed E-state index contributed by atoms with van der Waals surface area (Å²) < 4.78 is 5.33. The Bertz CT molecular complexity index is 855. The first-order valence-electron chi connectivity index (χ1n) is 8.53. The number of non-ortho nitro benzene ring substituents is 1. The predicted molar refractivity (Wildman–Crippen MR) is 95.2 cm³/mol. The van der Waals surface area contributed by atoms with Crippen molar-refractivity contribution in [1.29, 1.82) is 0 Å². The molecule has 0 spiro atoms. The number of esters is 1. The molecule has 0 aliphatic carbocycles. The normalized spacial score (nSPS) is 22.2. The van der Waals surface area contributed by atoms with Crippen LogP contribution in [0.1, 0.15) is 25.8 Å². The lowest BCUT2D eigenvalue weighted by Gasteiger charge is -2.44. The van der Waals surface area contributed by atoms with Crippen molar-refractivity contribution in [2.75, 3.05) is 0 Å². The third kappa shape index (κ3) is 3.23. The van der Waals surface area contributed by atoms with Crippen LogP contribution in [0.25, 0.3) is 0 Å². The molecule has 0 saturated carbocycles. The predicted octanol–water partition coefficient (Wildman–Crippen LogP) is 2.08. The standard InChI is InChI=1S/C19H20N2O6/c1-10(2)14-8-15-16(11(3)22)18(23)20(15)17(14)19(24)27-9-12-4-6-13(7-5-12)21(25)26/h4-7,11,15-16,22H,1,8-9H2,2-3H3/t11-,15-,16-/m1/s1. The number of hydrogen-bond acceptors (Lipinski definition) is 6. The summed E-state index contributed by atoms with van der Waals surface area (Å²) in [7, 11) is 0. The molecule has 2 aliphatic rings. The van der Waals surface area contributed by atoms with E-state index in [4.69, 9.17) is 4.74 Å². The number of aliphatic hydroxyl groups is 1. The number of amides is 1. The molecule has 0 unspecified atom stereocenters. The zero-order valence-corrected chi connectivity index (χ0v) is 15.0. The Morgan fingerprint density at radius 1 is 1.44 bits per heavy atom. The first-order valence-corrected chi connectivity index (χ1v) is 8.53. The Balaban J connectivity index is 1.74. The maximum atomic E-state index is 12.6. The highest BCUT2D eigenvalue weighted by Crippen LogP contribution is 2.45. The second-order valence-electron chi connectivity index (χ2n) is 6.85. The first kappa shape index (κ1) is 18.8. The molecule has 1 fully saturated rings. The molecule has 3 rings (SSSR count). The van der Waals surface area contributed by atoms with Crippen LogP contribution in [0.4, 0.5) is 5.69 Å². The van der Waals surface area contributed by atoms with Crippen molar-refractivity contribution in [2.45, 2.75) is 39.0 Å². The van der Waals surface area contributed by atoms with E-state index in [9.17, 15) is 24.8 Å². The molecule has 2 aliphatic heterocycles. The van der Waals surface area contributed by atoms with E-state index in [0.29, 0.717) is 23.1 Å². The number of fused-ring (bicyclic) bond motifs is 1. The van der Waals surface area contributed by atoms with E-state index in [0.717, 1.165) is 0 Å². The minimum Gasteiger partial charge on any atom is -0.456 e. The van der Waals surface area contributed by atoms with E-state index in [-0.39, 0.29) is 29.9 Å².